The Morgan fingerprint density at radius 2 is 1.14 bits per heavy atom. The monoisotopic (exact) mass is 906 g/mol. The van der Waals surface area contributed by atoms with Crippen LogP contribution in [0, 0.1) is 92.7 Å². The van der Waals surface area contributed by atoms with Gasteiger partial charge in [-0.25, -0.2) is 0 Å². The molecule has 8 aliphatic rings. The fraction of sp³-hybridized carbons (Fsp3) is 0.960. The Morgan fingerprint density at radius 3 is 1.67 bits per heavy atom. The number of amides is 1. The minimum absolute atomic E-state index is 0.0375. The standard InChI is InChI=1S/C50H83NO11S/c1-27(7-13-43(57)51-19-20-63(59,60)61)33-9-11-36-46-38(26-42(56)49(33,36)5)48(4)18-16-32(22-30(48)24-40(46)54)62-44(58)14-8-28(2)34-10-12-35-45-37(25-41(55)50(34,35)6)47(3)17-15-31(52)21-29(47)23-39(45)53/h27-42,45-46,52-56H,7-26H2,1-6H3,(H,51,57)(H,59,60,61)/t27-,28-,29+,30+,31-,32-,33-,34-,35+,36+,37+,38+,39-,40+,41+,42+,45+,46+,47+,48+,49-,50-/m1/s1. The Balaban J connectivity index is 0.840. The number of carbonyl (C=O) groups excluding carboxylic acids is 2. The quantitative estimate of drug-likeness (QED) is 0.0854. The highest BCUT2D eigenvalue weighted by Crippen LogP contribution is 2.70. The van der Waals surface area contributed by atoms with Crippen molar-refractivity contribution < 1.29 is 52.8 Å². The minimum Gasteiger partial charge on any atom is -0.462 e. The zero-order valence-electron chi connectivity index (χ0n) is 39.2. The number of esters is 1. The first-order chi connectivity index (χ1) is 29.5. The molecule has 0 unspecified atom stereocenters. The van der Waals surface area contributed by atoms with Gasteiger partial charge in [0.05, 0.1) is 36.3 Å². The fourth-order valence-corrected chi connectivity index (χ4v) is 18.5. The number of fused-ring (bicyclic) bond motifs is 10. The average Bonchev–Trinajstić information content (AvgIpc) is 3.76. The van der Waals surface area contributed by atoms with E-state index in [9.17, 15) is 43.5 Å². The fourth-order valence-electron chi connectivity index (χ4n) is 18.1. The number of aliphatic hydroxyl groups excluding tert-OH is 5. The summed E-state index contributed by atoms with van der Waals surface area (Å²) < 4.78 is 37.3. The first-order valence-corrected chi connectivity index (χ1v) is 26.9. The maximum absolute atomic E-state index is 13.6. The lowest BCUT2D eigenvalue weighted by molar-refractivity contribution is -0.209. The lowest BCUT2D eigenvalue weighted by Crippen LogP contribution is -2.62. The van der Waals surface area contributed by atoms with E-state index in [4.69, 9.17) is 9.29 Å². The normalized spacial score (nSPS) is 50.1. The van der Waals surface area contributed by atoms with Crippen LogP contribution in [0.2, 0.25) is 0 Å². The molecule has 8 aliphatic carbocycles. The van der Waals surface area contributed by atoms with E-state index in [1.165, 1.54) is 0 Å². The van der Waals surface area contributed by atoms with Crippen LogP contribution in [0.1, 0.15) is 157 Å². The number of hydrogen-bond donors (Lipinski definition) is 7. The van der Waals surface area contributed by atoms with Gasteiger partial charge in [-0.1, -0.05) is 41.5 Å². The number of hydrogen-bond acceptors (Lipinski definition) is 10. The molecular formula is C50H83NO11S. The van der Waals surface area contributed by atoms with Gasteiger partial charge in [0.25, 0.3) is 10.1 Å². The molecule has 8 rings (SSSR count). The van der Waals surface area contributed by atoms with Gasteiger partial charge < -0.3 is 35.6 Å². The third-order valence-electron chi connectivity index (χ3n) is 21.6. The van der Waals surface area contributed by atoms with Crippen molar-refractivity contribution in [2.45, 2.75) is 194 Å². The summed E-state index contributed by atoms with van der Waals surface area (Å²) in [7, 11) is -4.14. The van der Waals surface area contributed by atoms with Crippen LogP contribution in [0.15, 0.2) is 0 Å². The van der Waals surface area contributed by atoms with E-state index < -0.39 is 40.3 Å². The largest absolute Gasteiger partial charge is 0.462 e. The van der Waals surface area contributed by atoms with Crippen molar-refractivity contribution in [2.75, 3.05) is 12.3 Å². The number of carbonyl (C=O) groups is 2. The molecule has 0 aromatic heterocycles. The van der Waals surface area contributed by atoms with Crippen LogP contribution < -0.4 is 5.32 Å². The smallest absolute Gasteiger partial charge is 0.306 e. The summed E-state index contributed by atoms with van der Waals surface area (Å²) in [6, 6.07) is 0. The van der Waals surface area contributed by atoms with Gasteiger partial charge in [-0.05, 0) is 195 Å². The average molecular weight is 906 g/mol. The first kappa shape index (κ1) is 48.1. The summed E-state index contributed by atoms with van der Waals surface area (Å²) in [5.41, 5.74) is -0.738. The number of rotatable bonds is 12. The Bertz CT molecular complexity index is 1800. The van der Waals surface area contributed by atoms with Crippen LogP contribution >= 0.6 is 0 Å². The van der Waals surface area contributed by atoms with Gasteiger partial charge in [0.15, 0.2) is 0 Å². The van der Waals surface area contributed by atoms with Crippen LogP contribution in [0.4, 0.5) is 0 Å². The van der Waals surface area contributed by atoms with E-state index in [2.05, 4.69) is 46.9 Å². The molecule has 0 radical (unpaired) electrons. The molecule has 0 aromatic rings. The second-order valence-electron chi connectivity index (χ2n) is 24.2. The highest BCUT2D eigenvalue weighted by molar-refractivity contribution is 7.85. The van der Waals surface area contributed by atoms with E-state index in [1.54, 1.807) is 0 Å². The predicted molar refractivity (Wildman–Crippen MR) is 238 cm³/mol. The van der Waals surface area contributed by atoms with Crippen LogP contribution in [-0.2, 0) is 24.4 Å². The number of aliphatic hydroxyl groups is 5. The van der Waals surface area contributed by atoms with Gasteiger partial charge >= 0.3 is 5.97 Å². The van der Waals surface area contributed by atoms with Crippen LogP contribution in [-0.4, -0.2) is 99.3 Å². The van der Waals surface area contributed by atoms with Crippen molar-refractivity contribution in [2.24, 2.45) is 92.7 Å². The van der Waals surface area contributed by atoms with E-state index in [1.807, 2.05) is 0 Å². The summed E-state index contributed by atoms with van der Waals surface area (Å²) in [6.07, 6.45) is 11.0. The van der Waals surface area contributed by atoms with E-state index in [-0.39, 0.29) is 124 Å². The molecule has 0 bridgehead atoms. The van der Waals surface area contributed by atoms with Crippen molar-refractivity contribution in [1.82, 2.24) is 5.32 Å². The Labute approximate surface area is 377 Å². The third-order valence-corrected chi connectivity index (χ3v) is 22.4. The summed E-state index contributed by atoms with van der Waals surface area (Å²) in [6.45, 7) is 13.4. The van der Waals surface area contributed by atoms with Crippen molar-refractivity contribution in [3.63, 3.8) is 0 Å². The minimum atomic E-state index is -4.14. The SMILES string of the molecule is C[C@H](CCC(=O)O[C@@H]1CC[C@@]2(C)[C@@H](C1)C[C@H](O)[C@@H]1[C@@H]2C[C@H](O)[C@]2(C)[C@@H]([C@H](C)CCC(=O)NCCS(=O)(=O)O)CC[C@@H]12)[C@H]1CC[C@H]2[C@@H]3[C@H](O)C[C@@H]4C[C@H](O)CC[C@]4(C)[C@H]3C[C@H](O)[C@]12C. The lowest BCUT2D eigenvalue weighted by atomic mass is 9.43. The Kier molecular flexibility index (Phi) is 13.5. The highest BCUT2D eigenvalue weighted by atomic mass is 32.2. The van der Waals surface area contributed by atoms with E-state index in [0.29, 0.717) is 44.4 Å². The molecule has 7 N–H and O–H groups in total. The van der Waals surface area contributed by atoms with Gasteiger partial charge in [0.2, 0.25) is 5.91 Å². The Morgan fingerprint density at radius 1 is 0.651 bits per heavy atom. The molecule has 12 nitrogen and oxygen atoms in total. The van der Waals surface area contributed by atoms with Crippen LogP contribution in [0.3, 0.4) is 0 Å². The predicted octanol–water partition coefficient (Wildman–Crippen LogP) is 6.30. The van der Waals surface area contributed by atoms with Gasteiger partial charge in [0.1, 0.15) is 6.10 Å². The summed E-state index contributed by atoms with van der Waals surface area (Å²) in [5.74, 6) is 1.43. The van der Waals surface area contributed by atoms with Crippen molar-refractivity contribution in [1.29, 1.82) is 0 Å². The number of nitrogens with one attached hydrogen (secondary N) is 1. The molecule has 8 saturated carbocycles. The number of ether oxygens (including phenoxy) is 1. The molecule has 1 amide bonds. The highest BCUT2D eigenvalue weighted by Gasteiger charge is 2.67. The molecule has 0 aliphatic heterocycles. The molecule has 0 spiro atoms. The first-order valence-electron chi connectivity index (χ1n) is 25.3. The van der Waals surface area contributed by atoms with Gasteiger partial charge in [-0.3, -0.25) is 14.1 Å². The summed E-state index contributed by atoms with van der Waals surface area (Å²) in [4.78, 5) is 26.1. The van der Waals surface area contributed by atoms with E-state index in [0.717, 1.165) is 70.6 Å². The topological polar surface area (TPSA) is 211 Å². The molecule has 22 atom stereocenters. The molecule has 8 fully saturated rings. The molecule has 360 valence electrons. The third kappa shape index (κ3) is 8.39. The molecule has 13 heteroatoms. The van der Waals surface area contributed by atoms with Crippen molar-refractivity contribution in [3.8, 4) is 0 Å². The Hall–Kier alpha value is -1.35. The molecule has 63 heavy (non-hydrogen) atoms. The van der Waals surface area contributed by atoms with Crippen molar-refractivity contribution >= 4 is 22.0 Å². The molecule has 0 saturated heterocycles. The van der Waals surface area contributed by atoms with Crippen LogP contribution in [0.5, 0.6) is 0 Å². The van der Waals surface area contributed by atoms with Crippen molar-refractivity contribution in [3.05, 3.63) is 0 Å². The molecule has 0 heterocycles. The van der Waals surface area contributed by atoms with E-state index >= 15 is 0 Å². The zero-order valence-corrected chi connectivity index (χ0v) is 40.0. The van der Waals surface area contributed by atoms with Gasteiger partial charge in [-0.15, -0.1) is 0 Å². The zero-order chi connectivity index (χ0) is 45.6. The van der Waals surface area contributed by atoms with Crippen LogP contribution in [0.25, 0.3) is 0 Å². The van der Waals surface area contributed by atoms with Gasteiger partial charge in [0, 0.05) is 19.4 Å². The summed E-state index contributed by atoms with van der Waals surface area (Å²) >= 11 is 0. The second kappa shape index (κ2) is 17.6. The lowest BCUT2D eigenvalue weighted by Gasteiger charge is -2.63. The summed E-state index contributed by atoms with van der Waals surface area (Å²) in [5, 5.41) is 60.9. The molecule has 0 aromatic carbocycles. The second-order valence-corrected chi connectivity index (χ2v) is 25.7. The maximum Gasteiger partial charge on any atom is 0.306 e. The molecular weight excluding hydrogens is 823 g/mol. The van der Waals surface area contributed by atoms with Gasteiger partial charge in [-0.2, -0.15) is 8.42 Å². The maximum atomic E-state index is 13.6.